The zero-order chi connectivity index (χ0) is 16.2. The lowest BCUT2D eigenvalue weighted by atomic mass is 10.1. The molecule has 3 rings (SSSR count). The van der Waals surface area contributed by atoms with Gasteiger partial charge in [-0.1, -0.05) is 0 Å². The van der Waals surface area contributed by atoms with Gasteiger partial charge >= 0.3 is 0 Å². The van der Waals surface area contributed by atoms with Gasteiger partial charge in [0.15, 0.2) is 0 Å². The van der Waals surface area contributed by atoms with Crippen LogP contribution in [0.2, 0.25) is 0 Å². The average Bonchev–Trinajstić information content (AvgIpc) is 3.11. The second-order valence-corrected chi connectivity index (χ2v) is 6.40. The summed E-state index contributed by atoms with van der Waals surface area (Å²) >= 11 is 0. The van der Waals surface area contributed by atoms with E-state index in [1.54, 1.807) is 0 Å². The third-order valence-corrected chi connectivity index (χ3v) is 4.48. The summed E-state index contributed by atoms with van der Waals surface area (Å²) in [6.45, 7) is 8.73. The number of aliphatic hydroxyl groups is 1. The molecule has 0 amide bonds. The molecule has 1 N–H and O–H groups in total. The molecule has 0 unspecified atom stereocenters. The van der Waals surface area contributed by atoms with E-state index < -0.39 is 0 Å². The molecule has 3 heterocycles. The van der Waals surface area contributed by atoms with Crippen LogP contribution in [0.5, 0.6) is 0 Å². The Labute approximate surface area is 137 Å². The molecule has 0 aliphatic carbocycles. The third-order valence-electron chi connectivity index (χ3n) is 4.48. The number of nitrogens with zero attached hydrogens (tertiary/aromatic N) is 2. The number of aryl methyl sites for hydroxylation is 2. The van der Waals surface area contributed by atoms with Gasteiger partial charge in [0.05, 0.1) is 13.1 Å². The van der Waals surface area contributed by atoms with E-state index in [1.807, 2.05) is 38.1 Å². The lowest BCUT2D eigenvalue weighted by Gasteiger charge is -2.40. The van der Waals surface area contributed by atoms with Crippen LogP contribution in [0.4, 0.5) is 0 Å². The van der Waals surface area contributed by atoms with Crippen LogP contribution < -0.4 is 0 Å². The third kappa shape index (κ3) is 4.25. The highest BCUT2D eigenvalue weighted by molar-refractivity contribution is 5.07. The van der Waals surface area contributed by atoms with Crippen molar-refractivity contribution in [3.8, 4) is 0 Å². The molecule has 0 saturated carbocycles. The first kappa shape index (κ1) is 16.3. The Morgan fingerprint density at radius 2 is 1.65 bits per heavy atom. The van der Waals surface area contributed by atoms with Crippen LogP contribution in [0.15, 0.2) is 33.1 Å². The largest absolute Gasteiger partial charge is 0.465 e. The van der Waals surface area contributed by atoms with Crippen molar-refractivity contribution in [3.63, 3.8) is 0 Å². The minimum atomic E-state index is 0.214. The summed E-state index contributed by atoms with van der Waals surface area (Å²) in [6, 6.07) is 8.45. The first-order valence-corrected chi connectivity index (χ1v) is 8.32. The van der Waals surface area contributed by atoms with Gasteiger partial charge in [-0.25, -0.2) is 0 Å². The number of piperazine rings is 1. The molecule has 23 heavy (non-hydrogen) atoms. The monoisotopic (exact) mass is 318 g/mol. The fourth-order valence-corrected chi connectivity index (χ4v) is 3.29. The van der Waals surface area contributed by atoms with Crippen molar-refractivity contribution in [2.75, 3.05) is 26.2 Å². The number of hydrogen-bond donors (Lipinski definition) is 1. The highest BCUT2D eigenvalue weighted by Gasteiger charge is 2.27. The van der Waals surface area contributed by atoms with Crippen LogP contribution >= 0.6 is 0 Å². The summed E-state index contributed by atoms with van der Waals surface area (Å²) in [6.07, 6.45) is 0.785. The molecular formula is C18H26N2O3. The van der Waals surface area contributed by atoms with Gasteiger partial charge in [-0.05, 0) is 44.5 Å². The molecule has 1 aliphatic heterocycles. The quantitative estimate of drug-likeness (QED) is 0.887. The molecule has 1 fully saturated rings. The molecule has 2 aromatic rings. The van der Waals surface area contributed by atoms with E-state index in [0.29, 0.717) is 6.04 Å². The summed E-state index contributed by atoms with van der Waals surface area (Å²) in [5.41, 5.74) is 0. The molecule has 0 spiro atoms. The van der Waals surface area contributed by atoms with Crippen molar-refractivity contribution < 1.29 is 13.9 Å². The maximum Gasteiger partial charge on any atom is 0.118 e. The topological polar surface area (TPSA) is 53.0 Å². The average molecular weight is 318 g/mol. The standard InChI is InChI=1S/C18H26N2O3/c1-14-3-5-17(22-14)12-19-8-9-20(16(11-19)7-10-21)13-18-6-4-15(2)23-18/h3-6,16,21H,7-13H2,1-2H3/t16-/m1/s1. The number of furan rings is 2. The summed E-state index contributed by atoms with van der Waals surface area (Å²) in [5, 5.41) is 9.40. The Morgan fingerprint density at radius 3 is 2.22 bits per heavy atom. The van der Waals surface area contributed by atoms with E-state index in [2.05, 4.69) is 9.80 Å². The molecule has 126 valence electrons. The smallest absolute Gasteiger partial charge is 0.118 e. The Bertz CT molecular complexity index is 619. The van der Waals surface area contributed by atoms with Gasteiger partial charge in [-0.3, -0.25) is 9.80 Å². The highest BCUT2D eigenvalue weighted by Crippen LogP contribution is 2.20. The van der Waals surface area contributed by atoms with E-state index in [0.717, 1.165) is 62.2 Å². The van der Waals surface area contributed by atoms with Crippen molar-refractivity contribution in [2.24, 2.45) is 0 Å². The van der Waals surface area contributed by atoms with Crippen molar-refractivity contribution >= 4 is 0 Å². The predicted molar refractivity (Wildman–Crippen MR) is 88.1 cm³/mol. The van der Waals surface area contributed by atoms with Gasteiger partial charge in [0.2, 0.25) is 0 Å². The van der Waals surface area contributed by atoms with Crippen LogP contribution in [0.3, 0.4) is 0 Å². The van der Waals surface area contributed by atoms with E-state index >= 15 is 0 Å². The van der Waals surface area contributed by atoms with E-state index in [9.17, 15) is 5.11 Å². The molecule has 5 heteroatoms. The maximum atomic E-state index is 9.40. The molecule has 5 nitrogen and oxygen atoms in total. The molecular weight excluding hydrogens is 292 g/mol. The van der Waals surface area contributed by atoms with Gasteiger partial charge in [0.25, 0.3) is 0 Å². The Balaban J connectivity index is 1.60. The van der Waals surface area contributed by atoms with Crippen LogP contribution in [-0.4, -0.2) is 47.2 Å². The van der Waals surface area contributed by atoms with E-state index in [4.69, 9.17) is 8.83 Å². The minimum Gasteiger partial charge on any atom is -0.465 e. The van der Waals surface area contributed by atoms with Crippen LogP contribution in [0, 0.1) is 13.8 Å². The van der Waals surface area contributed by atoms with Gasteiger partial charge in [0, 0.05) is 32.3 Å². The lowest BCUT2D eigenvalue weighted by Crippen LogP contribution is -2.52. The van der Waals surface area contributed by atoms with Crippen molar-refractivity contribution in [1.29, 1.82) is 0 Å². The molecule has 0 radical (unpaired) electrons. The first-order valence-electron chi connectivity index (χ1n) is 8.32. The van der Waals surface area contributed by atoms with Crippen molar-refractivity contribution in [1.82, 2.24) is 9.80 Å². The molecule has 0 aromatic carbocycles. The normalized spacial score (nSPS) is 20.2. The Morgan fingerprint density at radius 1 is 1.00 bits per heavy atom. The number of hydrogen-bond acceptors (Lipinski definition) is 5. The first-order chi connectivity index (χ1) is 11.1. The molecule has 1 aliphatic rings. The number of aliphatic hydroxyl groups excluding tert-OH is 1. The van der Waals surface area contributed by atoms with Gasteiger partial charge < -0.3 is 13.9 Å². The zero-order valence-electron chi connectivity index (χ0n) is 14.0. The number of rotatable bonds is 6. The van der Waals surface area contributed by atoms with Crippen molar-refractivity contribution in [3.05, 3.63) is 47.3 Å². The molecule has 1 saturated heterocycles. The SMILES string of the molecule is Cc1ccc(CN2CCN(Cc3ccc(C)o3)[C@H](CCO)C2)o1. The van der Waals surface area contributed by atoms with Crippen LogP contribution in [0.25, 0.3) is 0 Å². The molecule has 2 aromatic heterocycles. The van der Waals surface area contributed by atoms with E-state index in [-0.39, 0.29) is 6.61 Å². The molecule has 1 atom stereocenters. The second kappa shape index (κ2) is 7.34. The summed E-state index contributed by atoms with van der Waals surface area (Å²) in [5.74, 6) is 3.92. The Kier molecular flexibility index (Phi) is 5.20. The predicted octanol–water partition coefficient (Wildman–Crippen LogP) is 2.56. The summed E-state index contributed by atoms with van der Waals surface area (Å²) < 4.78 is 11.4. The summed E-state index contributed by atoms with van der Waals surface area (Å²) in [4.78, 5) is 4.82. The lowest BCUT2D eigenvalue weighted by molar-refractivity contribution is 0.0423. The fourth-order valence-electron chi connectivity index (χ4n) is 3.29. The molecule has 0 bridgehead atoms. The minimum absolute atomic E-state index is 0.214. The van der Waals surface area contributed by atoms with E-state index in [1.165, 1.54) is 0 Å². The van der Waals surface area contributed by atoms with Crippen LogP contribution in [-0.2, 0) is 13.1 Å². The maximum absolute atomic E-state index is 9.40. The van der Waals surface area contributed by atoms with Gasteiger partial charge in [0.1, 0.15) is 23.0 Å². The van der Waals surface area contributed by atoms with Crippen molar-refractivity contribution in [2.45, 2.75) is 39.4 Å². The van der Waals surface area contributed by atoms with Gasteiger partial charge in [-0.2, -0.15) is 0 Å². The Hall–Kier alpha value is -1.56. The highest BCUT2D eigenvalue weighted by atomic mass is 16.3. The fraction of sp³-hybridized carbons (Fsp3) is 0.556. The van der Waals surface area contributed by atoms with Crippen LogP contribution in [0.1, 0.15) is 29.5 Å². The summed E-state index contributed by atoms with van der Waals surface area (Å²) in [7, 11) is 0. The zero-order valence-corrected chi connectivity index (χ0v) is 14.0. The van der Waals surface area contributed by atoms with Gasteiger partial charge in [-0.15, -0.1) is 0 Å². The second-order valence-electron chi connectivity index (χ2n) is 6.40.